The first-order valence-corrected chi connectivity index (χ1v) is 6.33. The first-order chi connectivity index (χ1) is 8.49. The summed E-state index contributed by atoms with van der Waals surface area (Å²) in [4.78, 5) is 17.9. The van der Waals surface area contributed by atoms with Crippen LogP contribution in [0.25, 0.3) is 0 Å². The van der Waals surface area contributed by atoms with Crippen molar-refractivity contribution in [3.8, 4) is 0 Å². The Morgan fingerprint density at radius 3 is 1.74 bits per heavy atom. The fourth-order valence-electron chi connectivity index (χ4n) is 0.520. The quantitative estimate of drug-likeness (QED) is 0.533. The van der Waals surface area contributed by atoms with Crippen molar-refractivity contribution in [2.24, 2.45) is 0 Å². The maximum atomic E-state index is 10.5. The van der Waals surface area contributed by atoms with Crippen LogP contribution in [0.1, 0.15) is 0 Å². The van der Waals surface area contributed by atoms with Crippen LogP contribution in [0.15, 0.2) is 18.6 Å². The van der Waals surface area contributed by atoms with Gasteiger partial charge in [0.1, 0.15) is 5.82 Å². The number of nitrogen functional groups attached to an aromatic ring is 1. The molecule has 0 aromatic carbocycles. The molecule has 2 N–H and O–H groups in total. The maximum absolute atomic E-state index is 10.5. The van der Waals surface area contributed by atoms with Crippen molar-refractivity contribution in [3.05, 3.63) is 18.6 Å². The van der Waals surface area contributed by atoms with Gasteiger partial charge in [0.15, 0.2) is 0 Å². The number of anilines is 1. The van der Waals surface area contributed by atoms with E-state index in [4.69, 9.17) is 75.3 Å². The highest BCUT2D eigenvalue weighted by Crippen LogP contribution is 2.32. The number of hydrogen-bond donors (Lipinski definition) is 1. The predicted octanol–water partition coefficient (Wildman–Crippen LogP) is 3.85. The number of halogens is 6. The first kappa shape index (κ1) is 18.9. The molecule has 0 radical (unpaired) electrons. The van der Waals surface area contributed by atoms with E-state index < -0.39 is 14.1 Å². The van der Waals surface area contributed by atoms with Crippen LogP contribution in [0.2, 0.25) is 0 Å². The Bertz CT molecular complexity index is 375. The molecule has 0 aliphatic heterocycles. The molecular formula is C7H5Cl6N3O3. The number of rotatable bonds is 0. The molecule has 0 unspecified atom stereocenters. The van der Waals surface area contributed by atoms with Crippen LogP contribution in [0.4, 0.5) is 10.6 Å². The maximum Gasteiger partial charge on any atom is 0.515 e. The Hall–Kier alpha value is -0.110. The van der Waals surface area contributed by atoms with Gasteiger partial charge in [-0.3, -0.25) is 4.98 Å². The molecule has 6 nitrogen and oxygen atoms in total. The minimum Gasteiger partial charge on any atom is -0.382 e. The second-order valence-electron chi connectivity index (χ2n) is 2.48. The summed E-state index contributed by atoms with van der Waals surface area (Å²) in [5, 5.41) is 0. The molecule has 0 aliphatic carbocycles. The van der Waals surface area contributed by atoms with Gasteiger partial charge in [-0.05, 0) is 69.6 Å². The Labute approximate surface area is 138 Å². The zero-order valence-electron chi connectivity index (χ0n) is 8.70. The summed E-state index contributed by atoms with van der Waals surface area (Å²) in [5.41, 5.74) is 5.18. The van der Waals surface area contributed by atoms with E-state index >= 15 is 0 Å². The average molecular weight is 392 g/mol. The second kappa shape index (κ2) is 8.24. The summed E-state index contributed by atoms with van der Waals surface area (Å²) in [5.74, 6) is 0.461. The molecule has 1 aromatic rings. The lowest BCUT2D eigenvalue weighted by Crippen LogP contribution is -2.22. The van der Waals surface area contributed by atoms with Gasteiger partial charge in [0.25, 0.3) is 0 Å². The van der Waals surface area contributed by atoms with Crippen LogP contribution in [0, 0.1) is 0 Å². The van der Waals surface area contributed by atoms with E-state index in [1.165, 1.54) is 6.20 Å². The Balaban J connectivity index is 0.000000388. The lowest BCUT2D eigenvalue weighted by atomic mass is 10.7. The molecule has 1 heterocycles. The average Bonchev–Trinajstić information content (AvgIpc) is 2.13. The van der Waals surface area contributed by atoms with E-state index in [0.29, 0.717) is 5.82 Å². The Morgan fingerprint density at radius 2 is 1.53 bits per heavy atom. The number of carbonyl (C=O) groups excluding carboxylic acids is 1. The largest absolute Gasteiger partial charge is 0.515 e. The van der Waals surface area contributed by atoms with E-state index in [1.807, 2.05) is 0 Å². The monoisotopic (exact) mass is 389 g/mol. The van der Waals surface area contributed by atoms with Crippen molar-refractivity contribution in [1.82, 2.24) is 9.97 Å². The van der Waals surface area contributed by atoms with Gasteiger partial charge in [0.2, 0.25) is 0 Å². The van der Waals surface area contributed by atoms with Crippen LogP contribution in [-0.4, -0.2) is 24.1 Å². The molecule has 0 saturated carbocycles. The van der Waals surface area contributed by atoms with Crippen molar-refractivity contribution in [1.29, 1.82) is 0 Å². The number of alkyl halides is 6. The second-order valence-corrected chi connectivity index (χ2v) is 6.83. The number of carbonyl (C=O) groups is 1. The molecule has 0 spiro atoms. The number of nitrogens with two attached hydrogens (primary N) is 1. The van der Waals surface area contributed by atoms with Crippen LogP contribution in [0.3, 0.4) is 0 Å². The van der Waals surface area contributed by atoms with Crippen LogP contribution < -0.4 is 5.73 Å². The van der Waals surface area contributed by atoms with Gasteiger partial charge >= 0.3 is 14.1 Å². The molecule has 1 rings (SSSR count). The standard InChI is InChI=1S/C4H5N3.C3Cl6O3/c5-4-3-6-1-2-7-4;4-2(5,6)11-1(10)12-3(7,8)9/h1-3H,(H2,5,7);. The molecule has 1 aromatic heterocycles. The highest BCUT2D eigenvalue weighted by Gasteiger charge is 2.32. The van der Waals surface area contributed by atoms with Gasteiger partial charge in [0.05, 0.1) is 6.20 Å². The number of hydrogen-bond acceptors (Lipinski definition) is 6. The summed E-state index contributed by atoms with van der Waals surface area (Å²) < 4.78 is 3.50. The van der Waals surface area contributed by atoms with E-state index in [1.54, 1.807) is 12.4 Å². The molecule has 0 amide bonds. The molecule has 0 atom stereocenters. The fourth-order valence-corrected chi connectivity index (χ4v) is 0.898. The molecule has 0 fully saturated rings. The number of ether oxygens (including phenoxy) is 2. The third-order valence-corrected chi connectivity index (χ3v) is 1.44. The molecule has 12 heteroatoms. The molecule has 108 valence electrons. The minimum absolute atomic E-state index is 0.461. The highest BCUT2D eigenvalue weighted by molar-refractivity contribution is 6.67. The molecule has 19 heavy (non-hydrogen) atoms. The Morgan fingerprint density at radius 1 is 1.05 bits per heavy atom. The van der Waals surface area contributed by atoms with Crippen molar-refractivity contribution >= 4 is 81.6 Å². The van der Waals surface area contributed by atoms with Gasteiger partial charge in [-0.25, -0.2) is 9.78 Å². The third kappa shape index (κ3) is 14.1. The lowest BCUT2D eigenvalue weighted by molar-refractivity contribution is 0.0508. The summed E-state index contributed by atoms with van der Waals surface area (Å²) >= 11 is 30.2. The minimum atomic E-state index is -2.24. The normalized spacial score (nSPS) is 11.1. The van der Waals surface area contributed by atoms with Crippen LogP contribution >= 0.6 is 69.6 Å². The zero-order valence-corrected chi connectivity index (χ0v) is 13.2. The summed E-state index contributed by atoms with van der Waals surface area (Å²) in [7, 11) is 0. The smallest absolute Gasteiger partial charge is 0.382 e. The highest BCUT2D eigenvalue weighted by atomic mass is 35.6. The fraction of sp³-hybridized carbons (Fsp3) is 0.286. The molecular weight excluding hydrogens is 387 g/mol. The summed E-state index contributed by atoms with van der Waals surface area (Å²) in [6, 6.07) is 0. The zero-order chi connectivity index (χ0) is 15.1. The van der Waals surface area contributed by atoms with Crippen LogP contribution in [0.5, 0.6) is 0 Å². The van der Waals surface area contributed by atoms with Gasteiger partial charge < -0.3 is 15.2 Å². The Kier molecular flexibility index (Phi) is 8.19. The summed E-state index contributed by atoms with van der Waals surface area (Å²) in [6.07, 6.45) is 3.22. The summed E-state index contributed by atoms with van der Waals surface area (Å²) in [6.45, 7) is 0. The molecule has 0 aliphatic rings. The predicted molar refractivity (Wildman–Crippen MR) is 74.6 cm³/mol. The first-order valence-electron chi connectivity index (χ1n) is 4.06. The van der Waals surface area contributed by atoms with Gasteiger partial charge in [-0.15, -0.1) is 0 Å². The SMILES string of the molecule is Nc1cnccn1.O=C(OC(Cl)(Cl)Cl)OC(Cl)(Cl)Cl. The van der Waals surface area contributed by atoms with Gasteiger partial charge in [-0.1, -0.05) is 0 Å². The van der Waals surface area contributed by atoms with Crippen molar-refractivity contribution in [3.63, 3.8) is 0 Å². The van der Waals surface area contributed by atoms with Crippen molar-refractivity contribution < 1.29 is 14.3 Å². The van der Waals surface area contributed by atoms with E-state index in [0.717, 1.165) is 0 Å². The number of aromatic nitrogens is 2. The number of nitrogens with zero attached hydrogens (tertiary/aromatic N) is 2. The van der Waals surface area contributed by atoms with E-state index in [2.05, 4.69) is 19.4 Å². The van der Waals surface area contributed by atoms with Crippen molar-refractivity contribution in [2.45, 2.75) is 7.96 Å². The topological polar surface area (TPSA) is 87.3 Å². The van der Waals surface area contributed by atoms with E-state index in [9.17, 15) is 4.79 Å². The van der Waals surface area contributed by atoms with Gasteiger partial charge in [0, 0.05) is 12.4 Å². The third-order valence-electron chi connectivity index (χ3n) is 0.981. The van der Waals surface area contributed by atoms with Gasteiger partial charge in [-0.2, -0.15) is 0 Å². The molecule has 0 saturated heterocycles. The van der Waals surface area contributed by atoms with Crippen molar-refractivity contribution in [2.75, 3.05) is 5.73 Å². The van der Waals surface area contributed by atoms with E-state index in [-0.39, 0.29) is 0 Å². The lowest BCUT2D eigenvalue weighted by Gasteiger charge is -2.15. The van der Waals surface area contributed by atoms with Crippen LogP contribution in [-0.2, 0) is 9.47 Å². The molecule has 0 bridgehead atoms.